The summed E-state index contributed by atoms with van der Waals surface area (Å²) < 4.78 is 16.1. The molecule has 6 rings (SSSR count). The third-order valence-electron chi connectivity index (χ3n) is 6.43. The molecule has 158 valence electrons. The average molecular weight is 418 g/mol. The number of ether oxygens (including phenoxy) is 3. The summed E-state index contributed by atoms with van der Waals surface area (Å²) in [4.78, 5) is 13.3. The summed E-state index contributed by atoms with van der Waals surface area (Å²) in [7, 11) is 3.10. The minimum Gasteiger partial charge on any atom is -0.497 e. The van der Waals surface area contributed by atoms with Gasteiger partial charge in [-0.05, 0) is 58.7 Å². The minimum absolute atomic E-state index is 0.00430. The average Bonchev–Trinajstić information content (AvgIpc) is 2.81. The Labute approximate surface area is 179 Å². The van der Waals surface area contributed by atoms with Crippen LogP contribution in [0.4, 0.5) is 0 Å². The molecule has 6 heteroatoms. The normalized spacial score (nSPS) is 25.4. The van der Waals surface area contributed by atoms with Crippen LogP contribution in [0, 0.1) is 5.92 Å². The molecule has 3 aliphatic rings. The molecule has 0 aliphatic heterocycles. The van der Waals surface area contributed by atoms with Gasteiger partial charge in [-0.2, -0.15) is 0 Å². The molecule has 0 aromatic heterocycles. The van der Waals surface area contributed by atoms with Gasteiger partial charge in [0.05, 0.1) is 20.1 Å². The summed E-state index contributed by atoms with van der Waals surface area (Å²) >= 11 is 0. The number of carbonyl (C=O) groups is 1. The molecule has 0 radical (unpaired) electrons. The van der Waals surface area contributed by atoms with Gasteiger partial charge in [-0.25, -0.2) is 0 Å². The monoisotopic (exact) mass is 418 g/mol. The van der Waals surface area contributed by atoms with Crippen LogP contribution in [0.2, 0.25) is 0 Å². The second-order valence-corrected chi connectivity index (χ2v) is 7.94. The smallest absolute Gasteiger partial charge is 0.318 e. The van der Waals surface area contributed by atoms with Gasteiger partial charge in [-0.1, -0.05) is 30.3 Å². The lowest BCUT2D eigenvalue weighted by molar-refractivity contribution is -0.157. The van der Waals surface area contributed by atoms with Gasteiger partial charge in [0.15, 0.2) is 0 Å². The van der Waals surface area contributed by atoms with Gasteiger partial charge in [0.1, 0.15) is 28.5 Å². The molecule has 0 saturated heterocycles. The Morgan fingerprint density at radius 1 is 0.806 bits per heavy atom. The van der Waals surface area contributed by atoms with E-state index in [-0.39, 0.29) is 6.42 Å². The lowest BCUT2D eigenvalue weighted by Crippen LogP contribution is -2.57. The van der Waals surface area contributed by atoms with Crippen molar-refractivity contribution in [2.75, 3.05) is 14.2 Å². The molecule has 2 N–H and O–H groups in total. The summed E-state index contributed by atoms with van der Waals surface area (Å²) in [5, 5.41) is 23.8. The first kappa shape index (κ1) is 19.6. The molecule has 6 nitrogen and oxygen atoms in total. The molecule has 31 heavy (non-hydrogen) atoms. The molecule has 0 fully saturated rings. The minimum atomic E-state index is -1.63. The zero-order valence-corrected chi connectivity index (χ0v) is 17.2. The first-order chi connectivity index (χ1) is 14.9. The van der Waals surface area contributed by atoms with Crippen molar-refractivity contribution in [1.82, 2.24) is 0 Å². The Bertz CT molecular complexity index is 1170. The molecular formula is C25H22O6. The molecule has 0 amide bonds. The third kappa shape index (κ3) is 2.69. The molecule has 3 aromatic rings. The van der Waals surface area contributed by atoms with E-state index in [1.165, 1.54) is 0 Å². The van der Waals surface area contributed by atoms with Gasteiger partial charge in [0.2, 0.25) is 0 Å². The first-order valence-electron chi connectivity index (χ1n) is 10.0. The topological polar surface area (TPSA) is 85.2 Å². The molecule has 0 spiro atoms. The molecule has 3 unspecified atom stereocenters. The number of esters is 1. The second kappa shape index (κ2) is 6.83. The lowest BCUT2D eigenvalue weighted by Gasteiger charge is -2.53. The fourth-order valence-electron chi connectivity index (χ4n) is 4.91. The Morgan fingerprint density at radius 2 is 1.39 bits per heavy atom. The van der Waals surface area contributed by atoms with Crippen LogP contribution >= 0.6 is 0 Å². The number of hydrogen-bond donors (Lipinski definition) is 2. The van der Waals surface area contributed by atoms with Crippen LogP contribution in [0.15, 0.2) is 66.7 Å². The van der Waals surface area contributed by atoms with E-state index in [1.54, 1.807) is 74.9 Å². The van der Waals surface area contributed by atoms with E-state index in [9.17, 15) is 15.0 Å². The highest BCUT2D eigenvalue weighted by atomic mass is 16.5. The third-order valence-corrected chi connectivity index (χ3v) is 6.43. The lowest BCUT2D eigenvalue weighted by atomic mass is 9.54. The maximum atomic E-state index is 13.3. The van der Waals surface area contributed by atoms with Gasteiger partial charge < -0.3 is 24.4 Å². The van der Waals surface area contributed by atoms with E-state index in [2.05, 4.69) is 0 Å². The van der Waals surface area contributed by atoms with Crippen LogP contribution in [0.1, 0.15) is 28.7 Å². The predicted octanol–water partition coefficient (Wildman–Crippen LogP) is 3.11. The number of fused-ring (bicyclic) bond motifs is 1. The largest absolute Gasteiger partial charge is 0.497 e. The Kier molecular flexibility index (Phi) is 4.32. The standard InChI is InChI=1S/C25H22O6/c1-29-15-7-9-16(10-8-15)31-23(26)22-14-24(27)18-5-3-4-6-19(18)25(22,28)20-12-11-17(30-2)13-21(20)24/h3-13,22,27-28H,14H2,1-2H3. The van der Waals surface area contributed by atoms with Crippen molar-refractivity contribution in [3.63, 3.8) is 0 Å². The van der Waals surface area contributed by atoms with Crippen molar-refractivity contribution in [2.24, 2.45) is 5.92 Å². The molecule has 3 atom stereocenters. The van der Waals surface area contributed by atoms with Crippen LogP contribution in [-0.2, 0) is 16.0 Å². The van der Waals surface area contributed by atoms with Crippen LogP contribution < -0.4 is 14.2 Å². The fraction of sp³-hybridized carbons (Fsp3) is 0.240. The van der Waals surface area contributed by atoms with E-state index >= 15 is 0 Å². The molecular weight excluding hydrogens is 396 g/mol. The zero-order chi connectivity index (χ0) is 21.8. The van der Waals surface area contributed by atoms with Crippen molar-refractivity contribution < 1.29 is 29.2 Å². The number of hydrogen-bond acceptors (Lipinski definition) is 6. The van der Waals surface area contributed by atoms with Gasteiger partial charge in [-0.15, -0.1) is 0 Å². The van der Waals surface area contributed by atoms with E-state index in [4.69, 9.17) is 14.2 Å². The Morgan fingerprint density at radius 3 is 2.06 bits per heavy atom. The molecule has 0 saturated carbocycles. The van der Waals surface area contributed by atoms with E-state index in [1.807, 2.05) is 6.07 Å². The molecule has 3 aromatic carbocycles. The van der Waals surface area contributed by atoms with E-state index < -0.39 is 23.1 Å². The number of methoxy groups -OCH3 is 2. The van der Waals surface area contributed by atoms with E-state index in [0.29, 0.717) is 39.5 Å². The highest BCUT2D eigenvalue weighted by molar-refractivity contribution is 5.81. The van der Waals surface area contributed by atoms with Crippen LogP contribution in [-0.4, -0.2) is 30.4 Å². The number of carbonyl (C=O) groups excluding carboxylic acids is 1. The first-order valence-corrected chi connectivity index (χ1v) is 10.0. The SMILES string of the molecule is COc1ccc(OC(=O)C2CC3(O)c4ccccc4C2(O)c2ccc(OC)cc23)cc1. The summed E-state index contributed by atoms with van der Waals surface area (Å²) in [6.45, 7) is 0. The summed E-state index contributed by atoms with van der Waals surface area (Å²) in [5.41, 5.74) is -0.954. The Balaban J connectivity index is 1.61. The van der Waals surface area contributed by atoms with Gasteiger partial charge in [0.25, 0.3) is 0 Å². The van der Waals surface area contributed by atoms with Crippen molar-refractivity contribution in [3.8, 4) is 17.2 Å². The van der Waals surface area contributed by atoms with Gasteiger partial charge in [0, 0.05) is 6.42 Å². The Hall–Kier alpha value is -3.35. The number of rotatable bonds is 4. The van der Waals surface area contributed by atoms with Gasteiger partial charge in [-0.3, -0.25) is 4.79 Å². The van der Waals surface area contributed by atoms with E-state index in [0.717, 1.165) is 0 Å². The van der Waals surface area contributed by atoms with Crippen LogP contribution in [0.3, 0.4) is 0 Å². The fourth-order valence-corrected chi connectivity index (χ4v) is 4.91. The maximum absolute atomic E-state index is 13.3. The molecule has 2 bridgehead atoms. The maximum Gasteiger partial charge on any atom is 0.318 e. The van der Waals surface area contributed by atoms with Crippen LogP contribution in [0.5, 0.6) is 17.2 Å². The predicted molar refractivity (Wildman–Crippen MR) is 112 cm³/mol. The second-order valence-electron chi connectivity index (χ2n) is 7.94. The highest BCUT2D eigenvalue weighted by Crippen LogP contribution is 2.60. The summed E-state index contributed by atoms with van der Waals surface area (Å²) in [6, 6.07) is 18.9. The number of benzene rings is 3. The van der Waals surface area contributed by atoms with Crippen molar-refractivity contribution in [3.05, 3.63) is 89.0 Å². The highest BCUT2D eigenvalue weighted by Gasteiger charge is 2.62. The molecule has 3 aliphatic carbocycles. The molecule has 0 heterocycles. The zero-order valence-electron chi connectivity index (χ0n) is 17.2. The van der Waals surface area contributed by atoms with Crippen molar-refractivity contribution in [1.29, 1.82) is 0 Å². The van der Waals surface area contributed by atoms with Gasteiger partial charge >= 0.3 is 5.97 Å². The quantitative estimate of drug-likeness (QED) is 0.500. The number of aliphatic hydroxyl groups is 2. The summed E-state index contributed by atoms with van der Waals surface area (Å²) in [5.74, 6) is -0.0528. The van der Waals surface area contributed by atoms with Crippen molar-refractivity contribution >= 4 is 5.97 Å². The summed E-state index contributed by atoms with van der Waals surface area (Å²) in [6.07, 6.45) is -0.00430. The van der Waals surface area contributed by atoms with Crippen molar-refractivity contribution in [2.45, 2.75) is 17.6 Å². The van der Waals surface area contributed by atoms with Crippen LogP contribution in [0.25, 0.3) is 0 Å².